The average molecular weight is 413 g/mol. The molecule has 0 fully saturated rings. The third-order valence-corrected chi connectivity index (χ3v) is 5.61. The molecular weight excluding hydrogens is 400 g/mol. The fourth-order valence-corrected chi connectivity index (χ4v) is 3.93. The predicted octanol–water partition coefficient (Wildman–Crippen LogP) is 4.63. The maximum Gasteiger partial charge on any atom is 0.283 e. The number of nitrogens with zero attached hydrogens (tertiary/aromatic N) is 3. The second-order valence-electron chi connectivity index (χ2n) is 6.11. The molecule has 7 nitrogen and oxygen atoms in total. The molecule has 1 aliphatic heterocycles. The number of nitrogens with one attached hydrogen (secondary N) is 1. The van der Waals surface area contributed by atoms with E-state index in [-0.39, 0.29) is 11.6 Å². The summed E-state index contributed by atoms with van der Waals surface area (Å²) in [5, 5.41) is 15.5. The van der Waals surface area contributed by atoms with Gasteiger partial charge in [0.05, 0.1) is 9.82 Å². The number of carbonyl (C=O) groups excluding carboxylic acids is 1. The zero-order chi connectivity index (χ0) is 19.8. The number of fused-ring (bicyclic) bond motifs is 1. The van der Waals surface area contributed by atoms with Gasteiger partial charge in [0, 0.05) is 47.4 Å². The minimum absolute atomic E-state index is 0.0490. The van der Waals surface area contributed by atoms with E-state index in [1.54, 1.807) is 53.4 Å². The van der Waals surface area contributed by atoms with E-state index in [1.165, 1.54) is 17.8 Å². The van der Waals surface area contributed by atoms with Crippen molar-refractivity contribution in [1.29, 1.82) is 0 Å². The molecule has 0 unspecified atom stereocenters. The van der Waals surface area contributed by atoms with Gasteiger partial charge in [-0.2, -0.15) is 0 Å². The Bertz CT molecular complexity index is 1160. The number of aromatic nitrogens is 2. The van der Waals surface area contributed by atoms with Crippen LogP contribution in [0.25, 0.3) is 11.6 Å². The first kappa shape index (κ1) is 18.3. The van der Waals surface area contributed by atoms with Crippen LogP contribution in [-0.4, -0.2) is 20.4 Å². The Morgan fingerprint density at radius 3 is 2.82 bits per heavy atom. The normalized spacial score (nSPS) is 14.2. The number of hydrogen-bond donors (Lipinski definition) is 1. The van der Waals surface area contributed by atoms with E-state index < -0.39 is 4.92 Å². The maximum absolute atomic E-state index is 12.3. The van der Waals surface area contributed by atoms with E-state index >= 15 is 0 Å². The zero-order valence-electron chi connectivity index (χ0n) is 14.5. The summed E-state index contributed by atoms with van der Waals surface area (Å²) in [5.74, 6) is -0.272. The molecule has 1 aliphatic rings. The van der Waals surface area contributed by atoms with E-state index in [1.807, 2.05) is 7.05 Å². The molecule has 140 valence electrons. The molecule has 28 heavy (non-hydrogen) atoms. The number of aryl methyl sites for hydroxylation is 1. The summed E-state index contributed by atoms with van der Waals surface area (Å²) in [6.45, 7) is 0. The van der Waals surface area contributed by atoms with Crippen molar-refractivity contribution in [3.8, 4) is 0 Å². The van der Waals surface area contributed by atoms with Crippen LogP contribution in [0.15, 0.2) is 58.8 Å². The number of rotatable bonds is 4. The predicted molar refractivity (Wildman–Crippen MR) is 108 cm³/mol. The number of imidazole rings is 1. The van der Waals surface area contributed by atoms with Crippen molar-refractivity contribution < 1.29 is 9.72 Å². The van der Waals surface area contributed by atoms with Crippen LogP contribution in [0.1, 0.15) is 11.1 Å². The zero-order valence-corrected chi connectivity index (χ0v) is 16.1. The third-order valence-electron chi connectivity index (χ3n) is 4.23. The molecule has 4 rings (SSSR count). The van der Waals surface area contributed by atoms with Gasteiger partial charge in [0.25, 0.3) is 11.6 Å². The highest BCUT2D eigenvalue weighted by atomic mass is 35.5. The number of nitro groups is 1. The van der Waals surface area contributed by atoms with Gasteiger partial charge < -0.3 is 9.88 Å². The summed E-state index contributed by atoms with van der Waals surface area (Å²) in [7, 11) is 1.82. The lowest BCUT2D eigenvalue weighted by Crippen LogP contribution is -2.03. The molecule has 9 heteroatoms. The lowest BCUT2D eigenvalue weighted by atomic mass is 10.0. The summed E-state index contributed by atoms with van der Waals surface area (Å²) in [4.78, 5) is 28.1. The lowest BCUT2D eigenvalue weighted by Gasteiger charge is -2.05. The summed E-state index contributed by atoms with van der Waals surface area (Å²) in [6.07, 6.45) is 5.03. The first-order valence-corrected chi connectivity index (χ1v) is 9.38. The highest BCUT2D eigenvalue weighted by Gasteiger charge is 2.25. The van der Waals surface area contributed by atoms with Crippen molar-refractivity contribution in [2.24, 2.45) is 7.05 Å². The van der Waals surface area contributed by atoms with Crippen LogP contribution >= 0.6 is 23.4 Å². The highest BCUT2D eigenvalue weighted by Crippen LogP contribution is 2.37. The molecule has 2 heterocycles. The van der Waals surface area contributed by atoms with Gasteiger partial charge in [0.2, 0.25) is 0 Å². The van der Waals surface area contributed by atoms with E-state index in [9.17, 15) is 14.9 Å². The minimum Gasteiger partial charge on any atom is -0.329 e. The van der Waals surface area contributed by atoms with Crippen molar-refractivity contribution in [3.63, 3.8) is 0 Å². The van der Waals surface area contributed by atoms with E-state index in [0.717, 1.165) is 0 Å². The minimum atomic E-state index is -0.438. The quantitative estimate of drug-likeness (QED) is 0.383. The maximum atomic E-state index is 12.3. The fraction of sp³-hybridized carbons (Fsp3) is 0.0526. The van der Waals surface area contributed by atoms with Crippen LogP contribution in [-0.2, 0) is 11.8 Å². The van der Waals surface area contributed by atoms with Crippen molar-refractivity contribution in [2.45, 2.75) is 10.1 Å². The Hall–Kier alpha value is -3.10. The Morgan fingerprint density at radius 1 is 1.29 bits per heavy atom. The van der Waals surface area contributed by atoms with Crippen LogP contribution in [0.5, 0.6) is 0 Å². The molecule has 0 spiro atoms. The van der Waals surface area contributed by atoms with Crippen molar-refractivity contribution in [2.75, 3.05) is 5.32 Å². The first-order valence-electron chi connectivity index (χ1n) is 8.19. The van der Waals surface area contributed by atoms with Crippen molar-refractivity contribution >= 4 is 52.3 Å². The number of benzene rings is 2. The number of hydrogen-bond acceptors (Lipinski definition) is 5. The summed E-state index contributed by atoms with van der Waals surface area (Å²) >= 11 is 7.25. The molecule has 0 atom stereocenters. The molecular formula is C19H13ClN4O3S. The number of carbonyl (C=O) groups is 1. The molecule has 0 aliphatic carbocycles. The van der Waals surface area contributed by atoms with E-state index in [2.05, 4.69) is 10.3 Å². The summed E-state index contributed by atoms with van der Waals surface area (Å²) in [6, 6.07) is 9.97. The number of halogens is 1. The molecule has 3 aromatic rings. The Balaban J connectivity index is 1.74. The van der Waals surface area contributed by atoms with Gasteiger partial charge in [-0.3, -0.25) is 14.9 Å². The Labute approximate surface area is 169 Å². The van der Waals surface area contributed by atoms with Gasteiger partial charge in [-0.25, -0.2) is 4.98 Å². The molecule has 2 aromatic carbocycles. The molecule has 0 saturated heterocycles. The van der Waals surface area contributed by atoms with Crippen LogP contribution in [0.3, 0.4) is 0 Å². The number of amides is 1. The standard InChI is InChI=1S/C19H13ClN4O3S/c1-23-7-6-21-19(23)28-17-5-2-11(9-16(17)24(26)27)8-14-13-10-12(20)3-4-15(13)22-18(14)25/h2-10H,1H3,(H,22,25). The first-order chi connectivity index (χ1) is 13.4. The molecule has 0 bridgehead atoms. The van der Waals surface area contributed by atoms with E-state index in [4.69, 9.17) is 11.6 Å². The Morgan fingerprint density at radius 2 is 2.11 bits per heavy atom. The summed E-state index contributed by atoms with van der Waals surface area (Å²) < 4.78 is 1.79. The number of nitro benzene ring substituents is 1. The number of anilines is 1. The van der Waals surface area contributed by atoms with Gasteiger partial charge in [0.15, 0.2) is 5.16 Å². The molecule has 0 saturated carbocycles. The second kappa shape index (κ2) is 7.14. The topological polar surface area (TPSA) is 90.1 Å². The molecule has 1 aromatic heterocycles. The van der Waals surface area contributed by atoms with Gasteiger partial charge >= 0.3 is 0 Å². The van der Waals surface area contributed by atoms with Gasteiger partial charge in [0.1, 0.15) is 0 Å². The van der Waals surface area contributed by atoms with Crippen LogP contribution in [0.2, 0.25) is 5.02 Å². The molecule has 1 N–H and O–H groups in total. The smallest absolute Gasteiger partial charge is 0.283 e. The Kier molecular flexibility index (Phi) is 4.66. The lowest BCUT2D eigenvalue weighted by molar-refractivity contribution is -0.387. The van der Waals surface area contributed by atoms with Crippen LogP contribution < -0.4 is 5.32 Å². The monoisotopic (exact) mass is 412 g/mol. The van der Waals surface area contributed by atoms with Crippen molar-refractivity contribution in [3.05, 3.63) is 75.1 Å². The SMILES string of the molecule is Cn1ccnc1Sc1ccc(C=C2C(=O)Nc3ccc(Cl)cc32)cc1[N+](=O)[O-]. The largest absolute Gasteiger partial charge is 0.329 e. The van der Waals surface area contributed by atoms with Crippen LogP contribution in [0, 0.1) is 10.1 Å². The summed E-state index contributed by atoms with van der Waals surface area (Å²) in [5.41, 5.74) is 2.25. The van der Waals surface area contributed by atoms with Crippen molar-refractivity contribution in [1.82, 2.24) is 9.55 Å². The van der Waals surface area contributed by atoms with E-state index in [0.29, 0.717) is 37.5 Å². The molecule has 1 amide bonds. The van der Waals surface area contributed by atoms with Gasteiger partial charge in [-0.05, 0) is 47.7 Å². The van der Waals surface area contributed by atoms with Gasteiger partial charge in [-0.15, -0.1) is 0 Å². The fourth-order valence-electron chi connectivity index (χ4n) is 2.87. The van der Waals surface area contributed by atoms with Crippen LogP contribution in [0.4, 0.5) is 11.4 Å². The molecule has 0 radical (unpaired) electrons. The highest BCUT2D eigenvalue weighted by molar-refractivity contribution is 7.99. The second-order valence-corrected chi connectivity index (χ2v) is 7.55. The average Bonchev–Trinajstić information content (AvgIpc) is 3.19. The van der Waals surface area contributed by atoms with Gasteiger partial charge in [-0.1, -0.05) is 17.7 Å². The third kappa shape index (κ3) is 3.39.